The molecule has 1 unspecified atom stereocenters. The summed E-state index contributed by atoms with van der Waals surface area (Å²) < 4.78 is 14.0. The van der Waals surface area contributed by atoms with Crippen LogP contribution in [0.5, 0.6) is 0 Å². The molecule has 7 heteroatoms. The largest absolute Gasteiger partial charge is 0.336 e. The highest BCUT2D eigenvalue weighted by Gasteiger charge is 2.37. The highest BCUT2D eigenvalue weighted by atomic mass is 19.1. The van der Waals surface area contributed by atoms with Gasteiger partial charge >= 0.3 is 0 Å². The molecule has 2 saturated heterocycles. The standard InChI is InChI=1S/C17H17FN4O2/c18-14-4-2-1-3-12(14)16-13(9-19-20-16)17(24)21-7-8-22-11(10-21)5-6-15(22)23/h1-4,9,11H,5-8,10H2,(H,19,20). The van der Waals surface area contributed by atoms with Crippen molar-refractivity contribution in [2.24, 2.45) is 0 Å². The minimum Gasteiger partial charge on any atom is -0.336 e. The van der Waals surface area contributed by atoms with Gasteiger partial charge in [-0.2, -0.15) is 5.10 Å². The van der Waals surface area contributed by atoms with Crippen LogP contribution in [0.25, 0.3) is 11.3 Å². The van der Waals surface area contributed by atoms with Crippen LogP contribution in [0.2, 0.25) is 0 Å². The van der Waals surface area contributed by atoms with E-state index >= 15 is 0 Å². The fourth-order valence-electron chi connectivity index (χ4n) is 3.54. The molecule has 2 amide bonds. The number of carbonyl (C=O) groups excluding carboxylic acids is 2. The number of amides is 2. The van der Waals surface area contributed by atoms with Gasteiger partial charge in [-0.05, 0) is 18.6 Å². The summed E-state index contributed by atoms with van der Waals surface area (Å²) in [6.45, 7) is 1.57. The van der Waals surface area contributed by atoms with Gasteiger partial charge in [0.1, 0.15) is 5.82 Å². The zero-order valence-electron chi connectivity index (χ0n) is 13.0. The summed E-state index contributed by atoms with van der Waals surface area (Å²) in [6.07, 6.45) is 2.78. The predicted molar refractivity (Wildman–Crippen MR) is 84.6 cm³/mol. The zero-order valence-corrected chi connectivity index (χ0v) is 13.0. The first-order valence-electron chi connectivity index (χ1n) is 8.02. The highest BCUT2D eigenvalue weighted by molar-refractivity contribution is 6.00. The van der Waals surface area contributed by atoms with E-state index in [2.05, 4.69) is 10.2 Å². The Balaban J connectivity index is 1.59. The molecular formula is C17H17FN4O2. The van der Waals surface area contributed by atoms with Crippen molar-refractivity contribution in [2.45, 2.75) is 18.9 Å². The number of aromatic amines is 1. The quantitative estimate of drug-likeness (QED) is 0.911. The summed E-state index contributed by atoms with van der Waals surface area (Å²) in [5.41, 5.74) is 1.08. The molecule has 6 nitrogen and oxygen atoms in total. The Labute approximate surface area is 138 Å². The fraction of sp³-hybridized carbons (Fsp3) is 0.353. The molecule has 2 aliphatic heterocycles. The van der Waals surface area contributed by atoms with E-state index in [-0.39, 0.29) is 17.9 Å². The molecule has 0 saturated carbocycles. The first-order valence-corrected chi connectivity index (χ1v) is 8.02. The lowest BCUT2D eigenvalue weighted by Gasteiger charge is -2.37. The molecule has 1 atom stereocenters. The summed E-state index contributed by atoms with van der Waals surface area (Å²) in [4.78, 5) is 28.2. The molecule has 0 radical (unpaired) electrons. The van der Waals surface area contributed by atoms with E-state index < -0.39 is 5.82 Å². The fourth-order valence-corrected chi connectivity index (χ4v) is 3.54. The Morgan fingerprint density at radius 1 is 1.29 bits per heavy atom. The van der Waals surface area contributed by atoms with Crippen LogP contribution in [-0.2, 0) is 4.79 Å². The summed E-state index contributed by atoms with van der Waals surface area (Å²) >= 11 is 0. The van der Waals surface area contributed by atoms with E-state index in [9.17, 15) is 14.0 Å². The first-order chi connectivity index (χ1) is 11.6. The Bertz CT molecular complexity index is 803. The number of aromatic nitrogens is 2. The third-order valence-electron chi connectivity index (χ3n) is 4.79. The molecule has 2 fully saturated rings. The second-order valence-corrected chi connectivity index (χ2v) is 6.17. The monoisotopic (exact) mass is 328 g/mol. The number of rotatable bonds is 2. The predicted octanol–water partition coefficient (Wildman–Crippen LogP) is 1.66. The Morgan fingerprint density at radius 2 is 2.12 bits per heavy atom. The molecule has 1 N–H and O–H groups in total. The molecule has 2 aliphatic rings. The highest BCUT2D eigenvalue weighted by Crippen LogP contribution is 2.27. The van der Waals surface area contributed by atoms with Crippen molar-refractivity contribution in [1.82, 2.24) is 20.0 Å². The lowest BCUT2D eigenvalue weighted by atomic mass is 10.1. The van der Waals surface area contributed by atoms with Crippen LogP contribution in [0, 0.1) is 5.82 Å². The van der Waals surface area contributed by atoms with Crippen LogP contribution in [0.4, 0.5) is 4.39 Å². The summed E-state index contributed by atoms with van der Waals surface area (Å²) in [7, 11) is 0. The summed E-state index contributed by atoms with van der Waals surface area (Å²) in [5.74, 6) is -0.412. The smallest absolute Gasteiger partial charge is 0.257 e. The van der Waals surface area contributed by atoms with Crippen molar-refractivity contribution in [3.05, 3.63) is 41.8 Å². The number of halogens is 1. The molecule has 1 aromatic heterocycles. The number of hydrogen-bond donors (Lipinski definition) is 1. The average molecular weight is 328 g/mol. The van der Waals surface area contributed by atoms with Crippen LogP contribution in [0.1, 0.15) is 23.2 Å². The average Bonchev–Trinajstić information content (AvgIpc) is 3.22. The van der Waals surface area contributed by atoms with Crippen molar-refractivity contribution < 1.29 is 14.0 Å². The van der Waals surface area contributed by atoms with Gasteiger partial charge in [0.25, 0.3) is 5.91 Å². The number of hydrogen-bond acceptors (Lipinski definition) is 3. The van der Waals surface area contributed by atoms with Gasteiger partial charge in [-0.15, -0.1) is 0 Å². The minimum atomic E-state index is -0.401. The maximum atomic E-state index is 14.0. The van der Waals surface area contributed by atoms with Gasteiger partial charge in [-0.1, -0.05) is 12.1 Å². The summed E-state index contributed by atoms with van der Waals surface area (Å²) in [6, 6.07) is 6.39. The van der Waals surface area contributed by atoms with E-state index in [0.717, 1.165) is 6.42 Å². The third kappa shape index (κ3) is 2.36. The van der Waals surface area contributed by atoms with Crippen molar-refractivity contribution in [3.8, 4) is 11.3 Å². The van der Waals surface area contributed by atoms with E-state index in [4.69, 9.17) is 0 Å². The Morgan fingerprint density at radius 3 is 2.96 bits per heavy atom. The number of fused-ring (bicyclic) bond motifs is 1. The summed E-state index contributed by atoms with van der Waals surface area (Å²) in [5, 5.41) is 6.66. The molecule has 3 heterocycles. The van der Waals surface area contributed by atoms with E-state index in [1.807, 2.05) is 4.90 Å². The SMILES string of the molecule is O=C(c1cn[nH]c1-c1ccccc1F)N1CCN2C(=O)CCC2C1. The third-order valence-corrected chi connectivity index (χ3v) is 4.79. The second kappa shape index (κ2) is 5.74. The van der Waals surface area contributed by atoms with Crippen LogP contribution >= 0.6 is 0 Å². The van der Waals surface area contributed by atoms with E-state index in [1.165, 1.54) is 12.3 Å². The molecule has 2 aromatic rings. The number of nitrogens with one attached hydrogen (secondary N) is 1. The normalized spacial score (nSPS) is 20.4. The van der Waals surface area contributed by atoms with Crippen LogP contribution < -0.4 is 0 Å². The number of carbonyl (C=O) groups is 2. The molecule has 1 aromatic carbocycles. The van der Waals surface area contributed by atoms with Crippen molar-refractivity contribution >= 4 is 11.8 Å². The number of nitrogens with zero attached hydrogens (tertiary/aromatic N) is 3. The molecule has 0 aliphatic carbocycles. The lowest BCUT2D eigenvalue weighted by molar-refractivity contribution is -0.130. The zero-order chi connectivity index (χ0) is 16.7. The van der Waals surface area contributed by atoms with E-state index in [1.54, 1.807) is 23.1 Å². The van der Waals surface area contributed by atoms with Gasteiger partial charge in [-0.25, -0.2) is 4.39 Å². The van der Waals surface area contributed by atoms with Gasteiger partial charge < -0.3 is 9.80 Å². The number of benzene rings is 1. The lowest BCUT2D eigenvalue weighted by Crippen LogP contribution is -2.53. The number of H-pyrrole nitrogens is 1. The molecule has 24 heavy (non-hydrogen) atoms. The Kier molecular flexibility index (Phi) is 3.55. The molecule has 124 valence electrons. The van der Waals surface area contributed by atoms with Gasteiger partial charge in [0.05, 0.1) is 17.5 Å². The van der Waals surface area contributed by atoms with Crippen LogP contribution in [0.15, 0.2) is 30.5 Å². The second-order valence-electron chi connectivity index (χ2n) is 6.17. The van der Waals surface area contributed by atoms with Crippen LogP contribution in [0.3, 0.4) is 0 Å². The van der Waals surface area contributed by atoms with Crippen molar-refractivity contribution in [1.29, 1.82) is 0 Å². The van der Waals surface area contributed by atoms with Crippen LogP contribution in [-0.4, -0.2) is 57.5 Å². The first kappa shape index (κ1) is 14.9. The molecular weight excluding hydrogens is 311 g/mol. The van der Waals surface area contributed by atoms with Gasteiger partial charge in [0.15, 0.2) is 0 Å². The molecule has 0 bridgehead atoms. The molecule has 4 rings (SSSR count). The van der Waals surface area contributed by atoms with Gasteiger partial charge in [0.2, 0.25) is 5.91 Å². The van der Waals surface area contributed by atoms with Crippen molar-refractivity contribution in [3.63, 3.8) is 0 Å². The minimum absolute atomic E-state index is 0.0963. The Hall–Kier alpha value is -2.70. The molecule has 0 spiro atoms. The van der Waals surface area contributed by atoms with E-state index in [0.29, 0.717) is 42.9 Å². The van der Waals surface area contributed by atoms with Crippen molar-refractivity contribution in [2.75, 3.05) is 19.6 Å². The topological polar surface area (TPSA) is 69.3 Å². The maximum absolute atomic E-state index is 14.0. The maximum Gasteiger partial charge on any atom is 0.257 e. The number of piperazine rings is 1. The van der Waals surface area contributed by atoms with Gasteiger partial charge in [-0.3, -0.25) is 14.7 Å². The van der Waals surface area contributed by atoms with Gasteiger partial charge in [0, 0.05) is 37.7 Å².